The molecule has 2 heteroatoms. The maximum atomic E-state index is 5.63. The minimum atomic E-state index is 0.700. The van der Waals surface area contributed by atoms with E-state index in [9.17, 15) is 0 Å². The first-order chi connectivity index (χ1) is 6.69. The van der Waals surface area contributed by atoms with Gasteiger partial charge < -0.3 is 5.32 Å². The Morgan fingerprint density at radius 2 is 2.21 bits per heavy atom. The minimum absolute atomic E-state index is 0.700. The van der Waals surface area contributed by atoms with E-state index in [1.807, 2.05) is 0 Å². The van der Waals surface area contributed by atoms with Crippen LogP contribution in [0, 0.1) is 11.8 Å². The van der Waals surface area contributed by atoms with Crippen molar-refractivity contribution in [3.8, 4) is 0 Å². The standard InChI is InChI=1S/C12H22ClN/c1-4-11-5-6-12(10(11)3)14-8-9(2)7-13/h7,10-12,14H,4-6,8H2,1-3H3. The highest BCUT2D eigenvalue weighted by Crippen LogP contribution is 2.33. The lowest BCUT2D eigenvalue weighted by Gasteiger charge is -2.21. The molecule has 1 aliphatic rings. The molecular formula is C12H22ClN. The van der Waals surface area contributed by atoms with Gasteiger partial charge >= 0.3 is 0 Å². The zero-order valence-corrected chi connectivity index (χ0v) is 10.3. The Morgan fingerprint density at radius 1 is 1.50 bits per heavy atom. The SMILES string of the molecule is CCC1CCC(NCC(C)=CCl)C1C. The Kier molecular flexibility index (Phi) is 4.97. The van der Waals surface area contributed by atoms with Crippen molar-refractivity contribution in [2.24, 2.45) is 11.8 Å². The third-order valence-electron chi connectivity index (χ3n) is 3.58. The predicted molar refractivity (Wildman–Crippen MR) is 63.6 cm³/mol. The van der Waals surface area contributed by atoms with E-state index >= 15 is 0 Å². The van der Waals surface area contributed by atoms with Gasteiger partial charge in [-0.3, -0.25) is 0 Å². The van der Waals surface area contributed by atoms with E-state index in [1.165, 1.54) is 24.8 Å². The van der Waals surface area contributed by atoms with Crippen molar-refractivity contribution in [1.29, 1.82) is 0 Å². The van der Waals surface area contributed by atoms with E-state index < -0.39 is 0 Å². The molecule has 0 bridgehead atoms. The summed E-state index contributed by atoms with van der Waals surface area (Å²) >= 11 is 5.63. The number of rotatable bonds is 4. The molecule has 0 aromatic rings. The van der Waals surface area contributed by atoms with Gasteiger partial charge in [-0.05, 0) is 37.2 Å². The quantitative estimate of drug-likeness (QED) is 0.757. The fourth-order valence-corrected chi connectivity index (χ4v) is 2.52. The minimum Gasteiger partial charge on any atom is -0.310 e. The van der Waals surface area contributed by atoms with E-state index in [0.717, 1.165) is 18.4 Å². The van der Waals surface area contributed by atoms with Gasteiger partial charge in [-0.1, -0.05) is 31.9 Å². The molecule has 0 amide bonds. The Balaban J connectivity index is 2.33. The van der Waals surface area contributed by atoms with E-state index in [4.69, 9.17) is 11.6 Å². The van der Waals surface area contributed by atoms with Crippen LogP contribution >= 0.6 is 11.6 Å². The molecule has 3 atom stereocenters. The van der Waals surface area contributed by atoms with Crippen molar-refractivity contribution < 1.29 is 0 Å². The highest BCUT2D eigenvalue weighted by atomic mass is 35.5. The molecule has 82 valence electrons. The molecule has 1 saturated carbocycles. The molecule has 0 aliphatic heterocycles. The van der Waals surface area contributed by atoms with Crippen LogP contribution in [-0.2, 0) is 0 Å². The Labute approximate surface area is 92.9 Å². The first-order valence-electron chi connectivity index (χ1n) is 5.68. The predicted octanol–water partition coefficient (Wildman–Crippen LogP) is 3.54. The largest absolute Gasteiger partial charge is 0.310 e. The number of hydrogen-bond donors (Lipinski definition) is 1. The van der Waals surface area contributed by atoms with E-state index in [1.54, 1.807) is 5.54 Å². The van der Waals surface area contributed by atoms with Gasteiger partial charge in [0, 0.05) is 18.1 Å². The van der Waals surface area contributed by atoms with Gasteiger partial charge in [-0.2, -0.15) is 0 Å². The lowest BCUT2D eigenvalue weighted by Crippen LogP contribution is -2.33. The first kappa shape index (κ1) is 12.1. The summed E-state index contributed by atoms with van der Waals surface area (Å²) in [6.45, 7) is 7.68. The summed E-state index contributed by atoms with van der Waals surface area (Å²) in [6, 6.07) is 0.700. The Morgan fingerprint density at radius 3 is 2.71 bits per heavy atom. The van der Waals surface area contributed by atoms with Gasteiger partial charge in [0.1, 0.15) is 0 Å². The van der Waals surface area contributed by atoms with Gasteiger partial charge in [-0.25, -0.2) is 0 Å². The lowest BCUT2D eigenvalue weighted by molar-refractivity contribution is 0.351. The van der Waals surface area contributed by atoms with E-state index in [-0.39, 0.29) is 0 Å². The van der Waals surface area contributed by atoms with Crippen molar-refractivity contribution >= 4 is 11.6 Å². The van der Waals surface area contributed by atoms with Crippen molar-refractivity contribution in [3.63, 3.8) is 0 Å². The Hall–Kier alpha value is -0.0100. The smallest absolute Gasteiger partial charge is 0.0176 e. The highest BCUT2D eigenvalue weighted by Gasteiger charge is 2.30. The second-order valence-electron chi connectivity index (χ2n) is 4.55. The topological polar surface area (TPSA) is 12.0 Å². The third kappa shape index (κ3) is 2.99. The van der Waals surface area contributed by atoms with Crippen LogP contribution in [0.15, 0.2) is 11.1 Å². The number of nitrogens with one attached hydrogen (secondary N) is 1. The monoisotopic (exact) mass is 215 g/mol. The lowest BCUT2D eigenvalue weighted by atomic mass is 9.93. The summed E-state index contributed by atoms with van der Waals surface area (Å²) in [6.07, 6.45) is 4.04. The van der Waals surface area contributed by atoms with E-state index in [0.29, 0.717) is 6.04 Å². The third-order valence-corrected chi connectivity index (χ3v) is 3.95. The molecule has 1 N–H and O–H groups in total. The molecule has 0 aromatic carbocycles. The van der Waals surface area contributed by atoms with Gasteiger partial charge in [0.2, 0.25) is 0 Å². The molecule has 14 heavy (non-hydrogen) atoms. The summed E-state index contributed by atoms with van der Waals surface area (Å²) < 4.78 is 0. The summed E-state index contributed by atoms with van der Waals surface area (Å²) in [5, 5.41) is 3.59. The van der Waals surface area contributed by atoms with Gasteiger partial charge in [0.15, 0.2) is 0 Å². The molecular weight excluding hydrogens is 194 g/mol. The van der Waals surface area contributed by atoms with Crippen LogP contribution in [0.3, 0.4) is 0 Å². The van der Waals surface area contributed by atoms with E-state index in [2.05, 4.69) is 26.1 Å². The molecule has 1 fully saturated rings. The van der Waals surface area contributed by atoms with Crippen LogP contribution in [0.2, 0.25) is 0 Å². The molecule has 0 aromatic heterocycles. The van der Waals surface area contributed by atoms with Gasteiger partial charge in [0.25, 0.3) is 0 Å². The first-order valence-corrected chi connectivity index (χ1v) is 6.11. The van der Waals surface area contributed by atoms with Crippen LogP contribution in [0.25, 0.3) is 0 Å². The van der Waals surface area contributed by atoms with Crippen molar-refractivity contribution in [2.75, 3.05) is 6.54 Å². The fourth-order valence-electron chi connectivity index (χ4n) is 2.44. The molecule has 1 nitrogen and oxygen atoms in total. The molecule has 0 spiro atoms. The second-order valence-corrected chi connectivity index (χ2v) is 4.77. The molecule has 0 saturated heterocycles. The molecule has 1 aliphatic carbocycles. The van der Waals surface area contributed by atoms with Gasteiger partial charge in [-0.15, -0.1) is 0 Å². The molecule has 3 unspecified atom stereocenters. The van der Waals surface area contributed by atoms with Crippen molar-refractivity contribution in [2.45, 2.75) is 46.1 Å². The molecule has 1 rings (SSSR count). The Bertz CT molecular complexity index is 200. The summed E-state index contributed by atoms with van der Waals surface area (Å²) in [4.78, 5) is 0. The normalized spacial score (nSPS) is 33.7. The van der Waals surface area contributed by atoms with Crippen LogP contribution in [0.5, 0.6) is 0 Å². The van der Waals surface area contributed by atoms with Crippen molar-refractivity contribution in [1.82, 2.24) is 5.32 Å². The number of hydrogen-bond acceptors (Lipinski definition) is 1. The van der Waals surface area contributed by atoms with Crippen LogP contribution in [0.1, 0.15) is 40.0 Å². The number of halogens is 1. The van der Waals surface area contributed by atoms with Crippen LogP contribution in [-0.4, -0.2) is 12.6 Å². The maximum Gasteiger partial charge on any atom is 0.0176 e. The maximum absolute atomic E-state index is 5.63. The summed E-state index contributed by atoms with van der Waals surface area (Å²) in [5.74, 6) is 1.75. The molecule has 0 heterocycles. The van der Waals surface area contributed by atoms with Gasteiger partial charge in [0.05, 0.1) is 0 Å². The molecule has 0 radical (unpaired) electrons. The average Bonchev–Trinajstić information content (AvgIpc) is 2.56. The zero-order chi connectivity index (χ0) is 10.6. The van der Waals surface area contributed by atoms with Crippen LogP contribution < -0.4 is 5.32 Å². The fraction of sp³-hybridized carbons (Fsp3) is 0.833. The van der Waals surface area contributed by atoms with Crippen molar-refractivity contribution in [3.05, 3.63) is 11.1 Å². The summed E-state index contributed by atoms with van der Waals surface area (Å²) in [5.41, 5.74) is 2.89. The second kappa shape index (κ2) is 5.77. The van der Waals surface area contributed by atoms with Crippen LogP contribution in [0.4, 0.5) is 0 Å². The zero-order valence-electron chi connectivity index (χ0n) is 9.52. The average molecular weight is 216 g/mol. The highest BCUT2D eigenvalue weighted by molar-refractivity contribution is 6.25. The summed E-state index contributed by atoms with van der Waals surface area (Å²) in [7, 11) is 0.